The van der Waals surface area contributed by atoms with Crippen molar-refractivity contribution in [1.29, 1.82) is 0 Å². The minimum absolute atomic E-state index is 0.0887. The summed E-state index contributed by atoms with van der Waals surface area (Å²) in [6, 6.07) is 5.16. The maximum atomic E-state index is 13.6. The molecule has 2 atom stereocenters. The summed E-state index contributed by atoms with van der Waals surface area (Å²) in [4.78, 5) is 53.0. The average molecular weight is 482 g/mol. The quantitative estimate of drug-likeness (QED) is 0.599. The van der Waals surface area contributed by atoms with Crippen LogP contribution >= 0.6 is 0 Å². The molecule has 1 saturated heterocycles. The molecule has 0 aliphatic carbocycles. The van der Waals surface area contributed by atoms with E-state index in [-0.39, 0.29) is 24.4 Å². The normalized spacial score (nSPS) is 18.6. The number of rotatable bonds is 6. The number of pyridine rings is 1. The van der Waals surface area contributed by atoms with Gasteiger partial charge in [-0.25, -0.2) is 4.79 Å². The van der Waals surface area contributed by atoms with Crippen molar-refractivity contribution in [3.8, 4) is 5.75 Å². The zero-order chi connectivity index (χ0) is 25.4. The monoisotopic (exact) mass is 482 g/mol. The number of amides is 1. The van der Waals surface area contributed by atoms with Gasteiger partial charge < -0.3 is 29.2 Å². The average Bonchev–Trinajstić information content (AvgIpc) is 2.70. The number of ether oxygens (including phenoxy) is 3. The molecular formula is C22H24F2N2O8. The summed E-state index contributed by atoms with van der Waals surface area (Å²) >= 11 is 0. The molecule has 0 radical (unpaired) electrons. The molecule has 2 heterocycles. The molecular weight excluding hydrogens is 458 g/mol. The van der Waals surface area contributed by atoms with Crippen molar-refractivity contribution < 1.29 is 42.5 Å². The van der Waals surface area contributed by atoms with E-state index in [1.165, 1.54) is 39.0 Å². The van der Waals surface area contributed by atoms with Crippen LogP contribution in [0.4, 0.5) is 14.5 Å². The van der Waals surface area contributed by atoms with Crippen LogP contribution in [0, 0.1) is 5.41 Å². The van der Waals surface area contributed by atoms with E-state index in [1.807, 2.05) is 0 Å². The third kappa shape index (κ3) is 4.45. The Bertz CT molecular complexity index is 1190. The largest absolute Gasteiger partial charge is 0.478 e. The third-order valence-electron chi connectivity index (χ3n) is 5.51. The van der Waals surface area contributed by atoms with Gasteiger partial charge in [-0.1, -0.05) is 20.8 Å². The summed E-state index contributed by atoms with van der Waals surface area (Å²) in [5.41, 5.74) is -4.09. The number of hydrogen-bond acceptors (Lipinski definition) is 7. The Morgan fingerprint density at radius 1 is 1.24 bits per heavy atom. The lowest BCUT2D eigenvalue weighted by atomic mass is 9.71. The van der Waals surface area contributed by atoms with E-state index in [0.29, 0.717) is 5.39 Å². The molecule has 0 spiro atoms. The van der Waals surface area contributed by atoms with E-state index >= 15 is 0 Å². The van der Waals surface area contributed by atoms with Crippen LogP contribution in [0.3, 0.4) is 0 Å². The Morgan fingerprint density at radius 2 is 1.91 bits per heavy atom. The van der Waals surface area contributed by atoms with E-state index in [1.54, 1.807) is 0 Å². The molecule has 184 valence electrons. The molecule has 1 aliphatic heterocycles. The number of aromatic amines is 1. The number of halogens is 2. The van der Waals surface area contributed by atoms with Crippen LogP contribution in [-0.2, 0) is 23.9 Å². The summed E-state index contributed by atoms with van der Waals surface area (Å²) in [6.07, 6.45) is -1.78. The van der Waals surface area contributed by atoms with Crippen LogP contribution in [0.1, 0.15) is 27.7 Å². The van der Waals surface area contributed by atoms with Crippen molar-refractivity contribution in [2.75, 3.05) is 18.1 Å². The number of fused-ring (bicyclic) bond motifs is 1. The van der Waals surface area contributed by atoms with Crippen LogP contribution in [-0.4, -0.2) is 59.4 Å². The number of H-pyrrole nitrogens is 1. The van der Waals surface area contributed by atoms with E-state index in [0.717, 1.165) is 17.9 Å². The van der Waals surface area contributed by atoms with Gasteiger partial charge >= 0.3 is 18.6 Å². The number of hydrogen-bond donors (Lipinski definition) is 2. The minimum Gasteiger partial charge on any atom is -0.478 e. The van der Waals surface area contributed by atoms with Gasteiger partial charge in [0.1, 0.15) is 0 Å². The molecule has 0 bridgehead atoms. The Labute approximate surface area is 192 Å². The van der Waals surface area contributed by atoms with Gasteiger partial charge in [-0.2, -0.15) is 8.78 Å². The highest BCUT2D eigenvalue weighted by Crippen LogP contribution is 2.42. The van der Waals surface area contributed by atoms with E-state index in [4.69, 9.17) is 9.47 Å². The summed E-state index contributed by atoms with van der Waals surface area (Å²) in [7, 11) is 0. The minimum atomic E-state index is -3.24. The Kier molecular flexibility index (Phi) is 6.65. The van der Waals surface area contributed by atoms with E-state index in [2.05, 4.69) is 9.72 Å². The highest BCUT2D eigenvalue weighted by molar-refractivity contribution is 6.04. The second-order valence-corrected chi connectivity index (χ2v) is 8.73. The molecule has 1 aromatic heterocycles. The lowest BCUT2D eigenvalue weighted by Gasteiger charge is -2.46. The number of anilines is 1. The first-order valence-corrected chi connectivity index (χ1v) is 10.3. The molecule has 34 heavy (non-hydrogen) atoms. The van der Waals surface area contributed by atoms with Crippen molar-refractivity contribution in [3.63, 3.8) is 0 Å². The molecule has 2 N–H and O–H groups in total. The maximum Gasteiger partial charge on any atom is 0.387 e. The number of nitrogens with one attached hydrogen (secondary N) is 1. The predicted molar refractivity (Wildman–Crippen MR) is 115 cm³/mol. The lowest BCUT2D eigenvalue weighted by Crippen LogP contribution is -2.68. The first kappa shape index (κ1) is 25.1. The van der Waals surface area contributed by atoms with Crippen LogP contribution in [0.2, 0.25) is 0 Å². The maximum absolute atomic E-state index is 13.6. The molecule has 0 unspecified atom stereocenters. The SMILES string of the molecule is CC(=O)O[C@@](C(=O)O)([C@H]1OCCN(c2cc3ccc(=O)[nH]c3cc2OC(F)F)C1=O)C(C)(C)C. The molecule has 1 aromatic carbocycles. The number of aromatic nitrogens is 1. The van der Waals surface area contributed by atoms with Crippen molar-refractivity contribution in [3.05, 3.63) is 34.6 Å². The van der Waals surface area contributed by atoms with Crippen molar-refractivity contribution in [1.82, 2.24) is 4.98 Å². The molecule has 1 fully saturated rings. The number of carboxylic acids is 1. The number of esters is 1. The fourth-order valence-electron chi connectivity index (χ4n) is 3.99. The standard InChI is InChI=1S/C22H24F2N2O8/c1-11(27)34-22(19(30)31,21(2,3)4)17-18(29)26(7-8-32-17)14-9-12-5-6-16(28)25-13(12)10-15(14)33-20(23)24/h5-6,9-10,17,20H,7-8H2,1-4H3,(H,25,28)(H,30,31)/t17-,22+/m0/s1. The zero-order valence-corrected chi connectivity index (χ0v) is 18.9. The lowest BCUT2D eigenvalue weighted by molar-refractivity contribution is -0.218. The van der Waals surface area contributed by atoms with Gasteiger partial charge in [-0.3, -0.25) is 14.4 Å². The smallest absolute Gasteiger partial charge is 0.387 e. The zero-order valence-electron chi connectivity index (χ0n) is 18.9. The molecule has 3 rings (SSSR count). The molecule has 1 amide bonds. The van der Waals surface area contributed by atoms with Gasteiger partial charge in [0.25, 0.3) is 5.91 Å². The Hall–Kier alpha value is -3.54. The number of morpholine rings is 1. The molecule has 12 heteroatoms. The fourth-order valence-corrected chi connectivity index (χ4v) is 3.99. The van der Waals surface area contributed by atoms with Crippen LogP contribution in [0.25, 0.3) is 10.9 Å². The van der Waals surface area contributed by atoms with E-state index < -0.39 is 52.9 Å². The third-order valence-corrected chi connectivity index (χ3v) is 5.51. The summed E-state index contributed by atoms with van der Waals surface area (Å²) in [5.74, 6) is -3.88. The van der Waals surface area contributed by atoms with Crippen molar-refractivity contribution in [2.45, 2.75) is 46.0 Å². The van der Waals surface area contributed by atoms with Gasteiger partial charge in [0.2, 0.25) is 11.2 Å². The number of alkyl halides is 2. The highest BCUT2D eigenvalue weighted by atomic mass is 19.3. The van der Waals surface area contributed by atoms with Gasteiger partial charge in [0.15, 0.2) is 11.9 Å². The number of nitrogens with zero attached hydrogens (tertiary/aromatic N) is 1. The second kappa shape index (κ2) is 9.01. The number of benzene rings is 1. The molecule has 10 nitrogen and oxygen atoms in total. The van der Waals surface area contributed by atoms with Crippen LogP contribution in [0.15, 0.2) is 29.1 Å². The second-order valence-electron chi connectivity index (χ2n) is 8.73. The predicted octanol–water partition coefficient (Wildman–Crippen LogP) is 2.29. The number of carbonyl (C=O) groups excluding carboxylic acids is 2. The summed E-state index contributed by atoms with van der Waals surface area (Å²) in [5, 5.41) is 10.5. The fraction of sp³-hybridized carbons (Fsp3) is 0.455. The summed E-state index contributed by atoms with van der Waals surface area (Å²) in [6.45, 7) is 1.87. The highest BCUT2D eigenvalue weighted by Gasteiger charge is 2.63. The van der Waals surface area contributed by atoms with E-state index in [9.17, 15) is 33.1 Å². The molecule has 2 aromatic rings. The topological polar surface area (TPSA) is 135 Å². The summed E-state index contributed by atoms with van der Waals surface area (Å²) < 4.78 is 41.7. The van der Waals surface area contributed by atoms with Gasteiger partial charge in [0, 0.05) is 36.4 Å². The first-order valence-electron chi connectivity index (χ1n) is 10.3. The number of aliphatic carboxylic acids is 1. The van der Waals surface area contributed by atoms with Crippen molar-refractivity contribution >= 4 is 34.4 Å². The van der Waals surface area contributed by atoms with Crippen molar-refractivity contribution in [2.24, 2.45) is 5.41 Å². The molecule has 1 aliphatic rings. The molecule has 0 saturated carbocycles. The van der Waals surface area contributed by atoms with Gasteiger partial charge in [0.05, 0.1) is 17.8 Å². The van der Waals surface area contributed by atoms with Crippen LogP contribution < -0.4 is 15.2 Å². The number of carbonyl (C=O) groups is 3. The van der Waals surface area contributed by atoms with Crippen LogP contribution in [0.5, 0.6) is 5.75 Å². The van der Waals surface area contributed by atoms with Gasteiger partial charge in [-0.15, -0.1) is 0 Å². The van der Waals surface area contributed by atoms with Gasteiger partial charge in [-0.05, 0) is 12.1 Å². The Balaban J connectivity index is 2.17. The first-order chi connectivity index (χ1) is 15.8. The Morgan fingerprint density at radius 3 is 2.47 bits per heavy atom. The number of carboxylic acid groups (broad SMARTS) is 1.